The maximum absolute atomic E-state index is 14.3. The quantitative estimate of drug-likeness (QED) is 0.448. The number of hydrogen-bond acceptors (Lipinski definition) is 4. The van der Waals surface area contributed by atoms with E-state index < -0.39 is 27.6 Å². The highest BCUT2D eigenvalue weighted by Crippen LogP contribution is 2.35. The number of fused-ring (bicyclic) bond motifs is 2. The predicted molar refractivity (Wildman–Crippen MR) is 125 cm³/mol. The molecule has 35 heavy (non-hydrogen) atoms. The largest absolute Gasteiger partial charge is 0.480 e. The van der Waals surface area contributed by atoms with Crippen LogP contribution in [0.5, 0.6) is 0 Å². The fourth-order valence-electron chi connectivity index (χ4n) is 4.41. The number of hydrazone groups is 1. The van der Waals surface area contributed by atoms with Crippen LogP contribution in [0.4, 0.5) is 8.78 Å². The van der Waals surface area contributed by atoms with E-state index in [1.165, 1.54) is 47.0 Å². The number of sulfonamides is 1. The molecule has 3 aromatic carbocycles. The Labute approximate surface area is 199 Å². The van der Waals surface area contributed by atoms with Crippen LogP contribution in [0.2, 0.25) is 0 Å². The molecule has 0 aliphatic carbocycles. The molecule has 1 aliphatic rings. The highest BCUT2D eigenvalue weighted by atomic mass is 32.2. The third-order valence-electron chi connectivity index (χ3n) is 5.93. The first kappa shape index (κ1) is 22.7. The minimum atomic E-state index is -4.07. The minimum Gasteiger partial charge on any atom is -0.480 e. The van der Waals surface area contributed by atoms with Gasteiger partial charge in [-0.05, 0) is 48.9 Å². The zero-order chi connectivity index (χ0) is 24.9. The molecule has 0 atom stereocenters. The lowest BCUT2D eigenvalue weighted by Gasteiger charge is -2.27. The summed E-state index contributed by atoms with van der Waals surface area (Å²) in [6, 6.07) is 15.9. The van der Waals surface area contributed by atoms with Gasteiger partial charge in [-0.1, -0.05) is 30.3 Å². The Bertz CT molecular complexity index is 1640. The van der Waals surface area contributed by atoms with Crippen LogP contribution in [0.15, 0.2) is 76.7 Å². The monoisotopic (exact) mass is 495 g/mol. The molecule has 4 aromatic rings. The number of aromatic nitrogens is 1. The molecule has 0 unspecified atom stereocenters. The molecule has 178 valence electrons. The summed E-state index contributed by atoms with van der Waals surface area (Å²) in [4.78, 5) is 11.5. The van der Waals surface area contributed by atoms with Crippen LogP contribution >= 0.6 is 0 Å². The van der Waals surface area contributed by atoms with Crippen LogP contribution in [-0.2, 0) is 27.9 Å². The lowest BCUT2D eigenvalue weighted by atomic mass is 9.99. The van der Waals surface area contributed by atoms with E-state index in [4.69, 9.17) is 0 Å². The number of carboxylic acids is 1. The number of rotatable bonds is 5. The summed E-state index contributed by atoms with van der Waals surface area (Å²) in [5.74, 6) is -2.12. The van der Waals surface area contributed by atoms with Gasteiger partial charge in [0.05, 0.1) is 11.4 Å². The van der Waals surface area contributed by atoms with Gasteiger partial charge in [0.2, 0.25) is 0 Å². The summed E-state index contributed by atoms with van der Waals surface area (Å²) >= 11 is 0. The zero-order valence-electron chi connectivity index (χ0n) is 18.4. The van der Waals surface area contributed by atoms with Crippen molar-refractivity contribution in [3.05, 3.63) is 101 Å². The van der Waals surface area contributed by atoms with E-state index >= 15 is 0 Å². The van der Waals surface area contributed by atoms with Gasteiger partial charge in [0.15, 0.2) is 0 Å². The van der Waals surface area contributed by atoms with Crippen molar-refractivity contribution in [2.45, 2.75) is 24.9 Å². The zero-order valence-corrected chi connectivity index (χ0v) is 19.3. The molecule has 1 aromatic heterocycles. The van der Waals surface area contributed by atoms with Gasteiger partial charge in [0.25, 0.3) is 10.0 Å². The number of hydrogen-bond donors (Lipinski definition) is 1. The summed E-state index contributed by atoms with van der Waals surface area (Å²) < 4.78 is 57.3. The van der Waals surface area contributed by atoms with Crippen molar-refractivity contribution >= 4 is 32.6 Å². The topological polar surface area (TPSA) is 92.0 Å². The molecule has 10 heteroatoms. The van der Waals surface area contributed by atoms with E-state index in [2.05, 4.69) is 5.10 Å². The second-order valence-corrected chi connectivity index (χ2v) is 9.97. The van der Waals surface area contributed by atoms with Crippen LogP contribution in [0, 0.1) is 18.6 Å². The highest BCUT2D eigenvalue weighted by molar-refractivity contribution is 7.89. The third-order valence-corrected chi connectivity index (χ3v) is 7.61. The molecule has 0 saturated carbocycles. The molecule has 0 fully saturated rings. The van der Waals surface area contributed by atoms with Crippen LogP contribution in [-0.4, -0.2) is 34.2 Å². The average Bonchev–Trinajstić information content (AvgIpc) is 3.06. The molecule has 0 saturated heterocycles. The molecule has 1 aliphatic heterocycles. The van der Waals surface area contributed by atoms with Gasteiger partial charge in [0, 0.05) is 27.7 Å². The number of carbonyl (C=O) groups is 1. The average molecular weight is 496 g/mol. The summed E-state index contributed by atoms with van der Waals surface area (Å²) in [6.07, 6.45) is 0. The van der Waals surface area contributed by atoms with Gasteiger partial charge in [-0.15, -0.1) is 0 Å². The van der Waals surface area contributed by atoms with Gasteiger partial charge in [0.1, 0.15) is 23.9 Å². The molecule has 0 spiro atoms. The summed E-state index contributed by atoms with van der Waals surface area (Å²) in [6.45, 7) is 1.09. The normalized spacial score (nSPS) is 14.6. The molecule has 0 amide bonds. The van der Waals surface area contributed by atoms with E-state index in [-0.39, 0.29) is 23.7 Å². The number of halogens is 2. The number of carboxylic acid groups (broad SMARTS) is 1. The van der Waals surface area contributed by atoms with Crippen molar-refractivity contribution in [1.29, 1.82) is 0 Å². The van der Waals surface area contributed by atoms with Crippen molar-refractivity contribution in [3.63, 3.8) is 0 Å². The molecule has 5 rings (SSSR count). The third kappa shape index (κ3) is 3.85. The van der Waals surface area contributed by atoms with Gasteiger partial charge < -0.3 is 9.67 Å². The molecule has 7 nitrogen and oxygen atoms in total. The lowest BCUT2D eigenvalue weighted by molar-refractivity contribution is -0.137. The van der Waals surface area contributed by atoms with E-state index in [1.54, 1.807) is 31.2 Å². The van der Waals surface area contributed by atoms with Gasteiger partial charge >= 0.3 is 5.97 Å². The fourth-order valence-corrected chi connectivity index (χ4v) is 5.84. The first-order chi connectivity index (χ1) is 16.7. The maximum Gasteiger partial charge on any atom is 0.323 e. The number of nitrogens with zero attached hydrogens (tertiary/aromatic N) is 3. The Morgan fingerprint density at radius 3 is 2.49 bits per heavy atom. The Hall–Kier alpha value is -4.05. The second kappa shape index (κ2) is 8.31. The smallest absolute Gasteiger partial charge is 0.323 e. The highest BCUT2D eigenvalue weighted by Gasteiger charge is 2.35. The maximum atomic E-state index is 14.3. The predicted octanol–water partition coefficient (Wildman–Crippen LogP) is 4.27. The SMILES string of the molecule is Cc1c(C2=NN(Cc3cccc(F)c3)S(=O)(=O)c3ccccc32)c2cc(F)ccc2n1CC(=O)O. The van der Waals surface area contributed by atoms with E-state index in [0.29, 0.717) is 33.3 Å². The molecule has 0 radical (unpaired) electrons. The molecular weight excluding hydrogens is 476 g/mol. The molecule has 2 heterocycles. The van der Waals surface area contributed by atoms with Crippen molar-refractivity contribution in [2.24, 2.45) is 5.10 Å². The summed E-state index contributed by atoms with van der Waals surface area (Å²) in [5.41, 5.74) is 2.35. The van der Waals surface area contributed by atoms with Crippen LogP contribution in [0.25, 0.3) is 10.9 Å². The Kier molecular flexibility index (Phi) is 5.40. The molecular formula is C25H19F2N3O4S. The van der Waals surface area contributed by atoms with Crippen molar-refractivity contribution in [3.8, 4) is 0 Å². The molecule has 0 bridgehead atoms. The minimum absolute atomic E-state index is 0.00339. The molecule has 1 N–H and O–H groups in total. The summed E-state index contributed by atoms with van der Waals surface area (Å²) in [7, 11) is -4.07. The van der Waals surface area contributed by atoms with Crippen LogP contribution in [0.3, 0.4) is 0 Å². The van der Waals surface area contributed by atoms with Crippen molar-refractivity contribution in [2.75, 3.05) is 0 Å². The second-order valence-electron chi connectivity index (χ2n) is 8.16. The fraction of sp³-hybridized carbons (Fsp3) is 0.120. The van der Waals surface area contributed by atoms with Gasteiger partial charge in [-0.2, -0.15) is 17.9 Å². The van der Waals surface area contributed by atoms with E-state index in [9.17, 15) is 27.1 Å². The van der Waals surface area contributed by atoms with Crippen LogP contribution in [0.1, 0.15) is 22.4 Å². The van der Waals surface area contributed by atoms with Crippen molar-refractivity contribution < 1.29 is 27.1 Å². The van der Waals surface area contributed by atoms with E-state index in [0.717, 1.165) is 4.41 Å². The number of aliphatic carboxylic acids is 1. The number of benzene rings is 3. The first-order valence-electron chi connectivity index (χ1n) is 10.6. The van der Waals surface area contributed by atoms with Gasteiger partial charge in [-0.25, -0.2) is 8.78 Å². The standard InChI is InChI=1S/C25H19F2N3O4S/c1-15-24(20-12-18(27)9-10-21(20)29(15)14-23(31)32)25-19-7-2-3-8-22(19)35(33,34)30(28-25)13-16-5-4-6-17(26)11-16/h2-12H,13-14H2,1H3,(H,31,32). The van der Waals surface area contributed by atoms with E-state index in [1.807, 2.05) is 0 Å². The first-order valence-corrected chi connectivity index (χ1v) is 12.1. The summed E-state index contributed by atoms with van der Waals surface area (Å²) in [5, 5.41) is 14.3. The van der Waals surface area contributed by atoms with Crippen molar-refractivity contribution in [1.82, 2.24) is 8.98 Å². The Balaban J connectivity index is 1.78. The lowest BCUT2D eigenvalue weighted by Crippen LogP contribution is -2.33. The van der Waals surface area contributed by atoms with Crippen LogP contribution < -0.4 is 0 Å². The Morgan fingerprint density at radius 1 is 1.00 bits per heavy atom. The Morgan fingerprint density at radius 2 is 1.74 bits per heavy atom. The van der Waals surface area contributed by atoms with Gasteiger partial charge in [-0.3, -0.25) is 4.79 Å².